The smallest absolute Gasteiger partial charge is 0.134 e. The van der Waals surface area contributed by atoms with E-state index >= 15 is 0 Å². The van der Waals surface area contributed by atoms with Crippen molar-refractivity contribution in [2.45, 2.75) is 39.5 Å². The van der Waals surface area contributed by atoms with E-state index in [1.807, 2.05) is 32.2 Å². The maximum Gasteiger partial charge on any atom is 0.134 e. The molecule has 0 bridgehead atoms. The average Bonchev–Trinajstić information content (AvgIpc) is 2.98. The lowest BCUT2D eigenvalue weighted by Gasteiger charge is -2.26. The van der Waals surface area contributed by atoms with Gasteiger partial charge in [-0.1, -0.05) is 20.3 Å². The normalized spacial score (nSPS) is 15.6. The van der Waals surface area contributed by atoms with E-state index in [4.69, 9.17) is 9.15 Å². The largest absolute Gasteiger partial charge is 0.497 e. The lowest BCUT2D eigenvalue weighted by atomic mass is 10.1. The van der Waals surface area contributed by atoms with Crippen LogP contribution in [-0.4, -0.2) is 31.6 Å². The fourth-order valence-electron chi connectivity index (χ4n) is 2.84. The van der Waals surface area contributed by atoms with Gasteiger partial charge in [-0.3, -0.25) is 0 Å². The Morgan fingerprint density at radius 3 is 2.62 bits per heavy atom. The third-order valence-electron chi connectivity index (χ3n) is 4.01. The van der Waals surface area contributed by atoms with Crippen molar-refractivity contribution in [3.63, 3.8) is 0 Å². The van der Waals surface area contributed by atoms with Gasteiger partial charge in [0.1, 0.15) is 11.3 Å². The summed E-state index contributed by atoms with van der Waals surface area (Å²) in [5.41, 5.74) is 2.24. The lowest BCUT2D eigenvalue weighted by Crippen LogP contribution is -2.31. The number of fused-ring (bicyclic) bond motifs is 1. The van der Waals surface area contributed by atoms with E-state index in [-0.39, 0.29) is 0 Å². The zero-order chi connectivity index (χ0) is 15.1. The van der Waals surface area contributed by atoms with Crippen molar-refractivity contribution in [2.24, 2.45) is 0 Å². The highest BCUT2D eigenvalue weighted by Crippen LogP contribution is 2.26. The second-order valence-electron chi connectivity index (χ2n) is 5.28. The van der Waals surface area contributed by atoms with Gasteiger partial charge in [0, 0.05) is 11.9 Å². The molecule has 3 rings (SSSR count). The number of nitrogens with zero attached hydrogens (tertiary/aromatic N) is 1. The Morgan fingerprint density at radius 2 is 1.90 bits per heavy atom. The standard InChI is InChI=1S/C16H21NO2.C2H6/c1-18-14-5-6-16-15(11-14)13(12-19-16)7-10-17-8-3-2-4-9-17;1-2/h5-6,11-12H,2-4,7-10H2,1H3;1-2H3. The molecule has 1 aliphatic rings. The summed E-state index contributed by atoms with van der Waals surface area (Å²) in [7, 11) is 1.70. The summed E-state index contributed by atoms with van der Waals surface area (Å²) >= 11 is 0. The van der Waals surface area contributed by atoms with Gasteiger partial charge in [-0.15, -0.1) is 0 Å². The molecule has 1 saturated heterocycles. The van der Waals surface area contributed by atoms with Crippen LogP contribution in [-0.2, 0) is 6.42 Å². The molecule has 0 N–H and O–H groups in total. The molecule has 0 atom stereocenters. The van der Waals surface area contributed by atoms with Gasteiger partial charge in [0.25, 0.3) is 0 Å². The van der Waals surface area contributed by atoms with Crippen molar-refractivity contribution < 1.29 is 9.15 Å². The molecule has 0 aliphatic carbocycles. The van der Waals surface area contributed by atoms with Gasteiger partial charge in [0.15, 0.2) is 0 Å². The van der Waals surface area contributed by atoms with E-state index in [2.05, 4.69) is 11.0 Å². The van der Waals surface area contributed by atoms with Crippen molar-refractivity contribution in [3.05, 3.63) is 30.0 Å². The van der Waals surface area contributed by atoms with Crippen LogP contribution in [0.1, 0.15) is 38.7 Å². The van der Waals surface area contributed by atoms with Crippen LogP contribution in [0.5, 0.6) is 5.75 Å². The molecular formula is C18H27NO2. The molecule has 1 aliphatic heterocycles. The molecule has 0 radical (unpaired) electrons. The van der Waals surface area contributed by atoms with E-state index in [1.54, 1.807) is 7.11 Å². The van der Waals surface area contributed by atoms with Gasteiger partial charge in [0.05, 0.1) is 13.4 Å². The number of furan rings is 1. The minimum atomic E-state index is 0.896. The summed E-state index contributed by atoms with van der Waals surface area (Å²) in [5.74, 6) is 0.896. The molecule has 1 aromatic carbocycles. The average molecular weight is 289 g/mol. The summed E-state index contributed by atoms with van der Waals surface area (Å²) in [6.45, 7) is 7.63. The first-order valence-corrected chi connectivity index (χ1v) is 8.13. The van der Waals surface area contributed by atoms with Gasteiger partial charge in [-0.2, -0.15) is 0 Å². The summed E-state index contributed by atoms with van der Waals surface area (Å²) in [5, 5.41) is 1.19. The minimum absolute atomic E-state index is 0.896. The van der Waals surface area contributed by atoms with Gasteiger partial charge in [0.2, 0.25) is 0 Å². The van der Waals surface area contributed by atoms with E-state index in [0.717, 1.165) is 24.3 Å². The number of hydrogen-bond donors (Lipinski definition) is 0. The number of hydrogen-bond acceptors (Lipinski definition) is 3. The highest BCUT2D eigenvalue weighted by atomic mass is 16.5. The number of ether oxygens (including phenoxy) is 1. The quantitative estimate of drug-likeness (QED) is 0.829. The number of methoxy groups -OCH3 is 1. The molecule has 2 heterocycles. The highest BCUT2D eigenvalue weighted by molar-refractivity contribution is 5.82. The van der Waals surface area contributed by atoms with Gasteiger partial charge < -0.3 is 14.1 Å². The maximum atomic E-state index is 5.61. The maximum absolute atomic E-state index is 5.61. The third-order valence-corrected chi connectivity index (χ3v) is 4.01. The Bertz CT molecular complexity index is 541. The molecule has 0 saturated carbocycles. The Kier molecular flexibility index (Phi) is 6.12. The third kappa shape index (κ3) is 4.01. The topological polar surface area (TPSA) is 25.6 Å². The molecule has 3 nitrogen and oxygen atoms in total. The van der Waals surface area contributed by atoms with Crippen LogP contribution >= 0.6 is 0 Å². The Hall–Kier alpha value is -1.48. The molecule has 0 amide bonds. The lowest BCUT2D eigenvalue weighted by molar-refractivity contribution is 0.231. The molecule has 1 aromatic heterocycles. The molecule has 0 unspecified atom stereocenters. The number of likely N-dealkylation sites (tertiary alicyclic amines) is 1. The first-order chi connectivity index (χ1) is 10.4. The first kappa shape index (κ1) is 15.9. The number of piperidine rings is 1. The predicted molar refractivity (Wildman–Crippen MR) is 88.1 cm³/mol. The van der Waals surface area contributed by atoms with Crippen LogP contribution in [0.2, 0.25) is 0 Å². The van der Waals surface area contributed by atoms with Gasteiger partial charge in [-0.05, 0) is 56.1 Å². The Balaban J connectivity index is 0.000000774. The first-order valence-electron chi connectivity index (χ1n) is 8.13. The van der Waals surface area contributed by atoms with Crippen molar-refractivity contribution in [3.8, 4) is 5.75 Å². The van der Waals surface area contributed by atoms with Crippen LogP contribution in [0, 0.1) is 0 Å². The van der Waals surface area contributed by atoms with Crippen molar-refractivity contribution in [1.82, 2.24) is 4.90 Å². The minimum Gasteiger partial charge on any atom is -0.497 e. The van der Waals surface area contributed by atoms with E-state index in [9.17, 15) is 0 Å². The molecular weight excluding hydrogens is 262 g/mol. The van der Waals surface area contributed by atoms with E-state index in [1.165, 1.54) is 43.3 Å². The van der Waals surface area contributed by atoms with Crippen LogP contribution in [0.4, 0.5) is 0 Å². The van der Waals surface area contributed by atoms with Crippen molar-refractivity contribution in [1.29, 1.82) is 0 Å². The van der Waals surface area contributed by atoms with Crippen LogP contribution in [0.15, 0.2) is 28.9 Å². The van der Waals surface area contributed by atoms with Gasteiger partial charge >= 0.3 is 0 Å². The molecule has 2 aromatic rings. The molecule has 0 spiro atoms. The summed E-state index contributed by atoms with van der Waals surface area (Å²) in [4.78, 5) is 2.56. The summed E-state index contributed by atoms with van der Waals surface area (Å²) in [6.07, 6.45) is 7.04. The van der Waals surface area contributed by atoms with E-state index < -0.39 is 0 Å². The second kappa shape index (κ2) is 8.08. The monoisotopic (exact) mass is 289 g/mol. The molecule has 1 fully saturated rings. The Morgan fingerprint density at radius 1 is 1.14 bits per heavy atom. The number of benzene rings is 1. The van der Waals surface area contributed by atoms with Crippen LogP contribution in [0.3, 0.4) is 0 Å². The summed E-state index contributed by atoms with van der Waals surface area (Å²) in [6, 6.07) is 6.00. The summed E-state index contributed by atoms with van der Waals surface area (Å²) < 4.78 is 10.9. The van der Waals surface area contributed by atoms with Crippen molar-refractivity contribution >= 4 is 11.0 Å². The highest BCUT2D eigenvalue weighted by Gasteiger charge is 2.12. The van der Waals surface area contributed by atoms with Crippen LogP contribution < -0.4 is 4.74 Å². The van der Waals surface area contributed by atoms with Gasteiger partial charge in [-0.25, -0.2) is 0 Å². The fourth-order valence-corrected chi connectivity index (χ4v) is 2.84. The molecule has 21 heavy (non-hydrogen) atoms. The zero-order valence-corrected chi connectivity index (χ0v) is 13.5. The predicted octanol–water partition coefficient (Wildman–Crippen LogP) is 4.50. The molecule has 116 valence electrons. The van der Waals surface area contributed by atoms with Crippen molar-refractivity contribution in [2.75, 3.05) is 26.7 Å². The fraction of sp³-hybridized carbons (Fsp3) is 0.556. The van der Waals surface area contributed by atoms with E-state index in [0.29, 0.717) is 0 Å². The molecule has 3 heteroatoms. The SMILES string of the molecule is CC.COc1ccc2occ(CCN3CCCCC3)c2c1. The Labute approximate surface area is 127 Å². The second-order valence-corrected chi connectivity index (χ2v) is 5.28. The zero-order valence-electron chi connectivity index (χ0n) is 13.5. The van der Waals surface area contributed by atoms with Crippen LogP contribution in [0.25, 0.3) is 11.0 Å². The number of rotatable bonds is 4.